The minimum absolute atomic E-state index is 0. The van der Waals surface area contributed by atoms with Gasteiger partial charge < -0.3 is 20.4 Å². The van der Waals surface area contributed by atoms with E-state index in [9.17, 15) is 26.3 Å². The van der Waals surface area contributed by atoms with Crippen molar-refractivity contribution in [1.82, 2.24) is 30.4 Å². The van der Waals surface area contributed by atoms with Crippen molar-refractivity contribution >= 4 is 0 Å². The summed E-state index contributed by atoms with van der Waals surface area (Å²) < 4.78 is 69.1. The van der Waals surface area contributed by atoms with Crippen LogP contribution in [0.15, 0.2) is 73.3 Å². The molecule has 0 unspecified atom stereocenters. The molecule has 6 nitrogen and oxygen atoms in total. The second-order valence-electron chi connectivity index (χ2n) is 5.26. The van der Waals surface area contributed by atoms with Gasteiger partial charge in [-0.1, -0.05) is 24.3 Å². The topological polar surface area (TPSA) is 79.8 Å². The molecule has 0 aliphatic rings. The van der Waals surface area contributed by atoms with E-state index in [-0.39, 0.29) is 21.1 Å². The van der Waals surface area contributed by atoms with Gasteiger partial charge in [-0.05, 0) is 24.3 Å². The molecule has 31 heavy (non-hydrogen) atoms. The molecule has 0 amide bonds. The van der Waals surface area contributed by atoms with Crippen molar-refractivity contribution in [2.45, 2.75) is 12.4 Å². The molecule has 0 N–H and O–H groups in total. The first-order chi connectivity index (χ1) is 14.2. The molecule has 0 spiro atoms. The van der Waals surface area contributed by atoms with Crippen molar-refractivity contribution in [2.24, 2.45) is 0 Å². The Balaban J connectivity index is 0.000000233. The Morgan fingerprint density at radius 3 is 1.16 bits per heavy atom. The minimum Gasteiger partial charge on any atom is -0.581 e. The third kappa shape index (κ3) is 9.12. The molecule has 166 valence electrons. The number of rotatable bonds is 1. The average Bonchev–Trinajstić information content (AvgIpc) is 3.44. The molecule has 0 aliphatic heterocycles. The first-order valence-corrected chi connectivity index (χ1v) is 8.03. The van der Waals surface area contributed by atoms with E-state index in [0.717, 1.165) is 35.9 Å². The largest absolute Gasteiger partial charge is 2.00 e. The first-order valence-electron chi connectivity index (χ1n) is 8.03. The number of pyridine rings is 2. The van der Waals surface area contributed by atoms with Crippen LogP contribution in [-0.2, 0) is 33.4 Å². The van der Waals surface area contributed by atoms with Crippen molar-refractivity contribution in [1.29, 1.82) is 0 Å². The third-order valence-corrected chi connectivity index (χ3v) is 3.10. The van der Waals surface area contributed by atoms with Crippen molar-refractivity contribution in [3.8, 4) is 11.4 Å². The second kappa shape index (κ2) is 12.0. The number of hydrogen-bond acceptors (Lipinski definition) is 4. The molecule has 0 aromatic carbocycles. The van der Waals surface area contributed by atoms with E-state index in [1.54, 1.807) is 12.4 Å². The Labute approximate surface area is 186 Å². The number of alkyl halides is 6. The van der Waals surface area contributed by atoms with Crippen molar-refractivity contribution in [2.75, 3.05) is 0 Å². The van der Waals surface area contributed by atoms with Crippen LogP contribution < -0.4 is 10.2 Å². The molecule has 0 atom stereocenters. The van der Waals surface area contributed by atoms with Gasteiger partial charge in [0.05, 0.1) is 11.4 Å². The predicted molar refractivity (Wildman–Crippen MR) is 92.6 cm³/mol. The van der Waals surface area contributed by atoms with Crippen molar-refractivity contribution < 1.29 is 47.4 Å². The molecule has 4 rings (SSSR count). The van der Waals surface area contributed by atoms with Gasteiger partial charge in [-0.25, -0.2) is 0 Å². The van der Waals surface area contributed by atoms with E-state index in [1.165, 1.54) is 0 Å². The fraction of sp³-hybridized carbons (Fsp3) is 0.111. The number of halogens is 6. The van der Waals surface area contributed by atoms with Gasteiger partial charge in [0.15, 0.2) is 0 Å². The molecular formula is C18H12F6N6Pt. The second-order valence-corrected chi connectivity index (χ2v) is 5.26. The van der Waals surface area contributed by atoms with Crippen molar-refractivity contribution in [3.63, 3.8) is 0 Å². The summed E-state index contributed by atoms with van der Waals surface area (Å²) >= 11 is 0. The SMILES string of the molecule is FC(F)(F)c1cc[n-]n1.FC(F)(F)c1cc[n-]n1.[Pt+2].c1ccc(-c2ccccn2)nc1. The third-order valence-electron chi connectivity index (χ3n) is 3.10. The van der Waals surface area contributed by atoms with Gasteiger partial charge in [0.1, 0.15) is 11.4 Å². The van der Waals surface area contributed by atoms with E-state index >= 15 is 0 Å². The van der Waals surface area contributed by atoms with Gasteiger partial charge in [-0.3, -0.25) is 9.97 Å². The molecule has 4 aromatic heterocycles. The zero-order valence-corrected chi connectivity index (χ0v) is 17.5. The number of aromatic nitrogens is 6. The van der Waals surface area contributed by atoms with Crippen LogP contribution in [0.3, 0.4) is 0 Å². The van der Waals surface area contributed by atoms with Crippen molar-refractivity contribution in [3.05, 3.63) is 84.7 Å². The van der Waals surface area contributed by atoms with Gasteiger partial charge in [0, 0.05) is 12.4 Å². The zero-order chi connectivity index (χ0) is 22.0. The Hall–Kier alpha value is -3.01. The molecule has 4 aromatic rings. The van der Waals surface area contributed by atoms with Crippen LogP contribution in [0.5, 0.6) is 0 Å². The summed E-state index contributed by atoms with van der Waals surface area (Å²) in [5, 5.41) is 11.7. The molecule has 0 saturated carbocycles. The molecule has 4 heterocycles. The van der Waals surface area contributed by atoms with Crippen LogP contribution >= 0.6 is 0 Å². The Morgan fingerprint density at radius 2 is 0.968 bits per heavy atom. The summed E-state index contributed by atoms with van der Waals surface area (Å²) in [6, 6.07) is 13.2. The predicted octanol–water partition coefficient (Wildman–Crippen LogP) is 4.26. The molecule has 0 radical (unpaired) electrons. The summed E-state index contributed by atoms with van der Waals surface area (Å²) in [6.07, 6.45) is -3.16. The van der Waals surface area contributed by atoms with Gasteiger partial charge in [0.2, 0.25) is 0 Å². The number of nitrogens with zero attached hydrogens (tertiary/aromatic N) is 6. The Bertz CT molecular complexity index is 877. The molecule has 0 bridgehead atoms. The van der Waals surface area contributed by atoms with Crippen LogP contribution in [0.1, 0.15) is 11.4 Å². The number of hydrogen-bond donors (Lipinski definition) is 0. The summed E-state index contributed by atoms with van der Waals surface area (Å²) in [7, 11) is 0. The maximum absolute atomic E-state index is 11.5. The van der Waals surface area contributed by atoms with E-state index < -0.39 is 23.7 Å². The quantitative estimate of drug-likeness (QED) is 0.296. The normalized spacial score (nSPS) is 10.6. The fourth-order valence-corrected chi connectivity index (χ4v) is 1.80. The zero-order valence-electron chi connectivity index (χ0n) is 15.2. The van der Waals surface area contributed by atoms with Gasteiger partial charge in [-0.2, -0.15) is 38.7 Å². The van der Waals surface area contributed by atoms with E-state index in [1.807, 2.05) is 36.4 Å². The van der Waals surface area contributed by atoms with Gasteiger partial charge in [0.25, 0.3) is 0 Å². The summed E-state index contributed by atoms with van der Waals surface area (Å²) in [5.74, 6) is 0. The molecule has 0 saturated heterocycles. The van der Waals surface area contributed by atoms with E-state index in [0.29, 0.717) is 0 Å². The van der Waals surface area contributed by atoms with Gasteiger partial charge >= 0.3 is 33.4 Å². The van der Waals surface area contributed by atoms with Crippen LogP contribution in [0.2, 0.25) is 0 Å². The Morgan fingerprint density at radius 1 is 0.581 bits per heavy atom. The van der Waals surface area contributed by atoms with Crippen LogP contribution in [-0.4, -0.2) is 20.2 Å². The van der Waals surface area contributed by atoms with E-state index in [2.05, 4.69) is 30.4 Å². The fourth-order valence-electron chi connectivity index (χ4n) is 1.80. The Kier molecular flexibility index (Phi) is 10.1. The smallest absolute Gasteiger partial charge is 0.581 e. The van der Waals surface area contributed by atoms with Crippen LogP contribution in [0.4, 0.5) is 26.3 Å². The molecular weight excluding hydrogens is 609 g/mol. The standard InChI is InChI=1S/C10H8N2.2C4H2F3N2.Pt/c1-3-7-11-9(5-1)10-6-2-4-8-12-10;2*5-4(6,7)3-1-2-8-9-3;/h1-8H;2*1-2H;/q;2*-1;+2. The van der Waals surface area contributed by atoms with Gasteiger partial charge in [-0.15, -0.1) is 0 Å². The average molecular weight is 621 g/mol. The monoisotopic (exact) mass is 621 g/mol. The summed E-state index contributed by atoms with van der Waals surface area (Å²) in [6.45, 7) is 0. The van der Waals surface area contributed by atoms with Crippen LogP contribution in [0.25, 0.3) is 11.4 Å². The minimum atomic E-state index is -4.35. The van der Waals surface area contributed by atoms with Crippen LogP contribution in [0, 0.1) is 0 Å². The molecule has 13 heteroatoms. The summed E-state index contributed by atoms with van der Waals surface area (Å²) in [4.78, 5) is 8.37. The first kappa shape index (κ1) is 26.0. The molecule has 0 fully saturated rings. The van der Waals surface area contributed by atoms with E-state index in [4.69, 9.17) is 0 Å². The molecule has 0 aliphatic carbocycles. The maximum atomic E-state index is 11.5. The maximum Gasteiger partial charge on any atom is 2.00 e. The summed E-state index contributed by atoms with van der Waals surface area (Å²) in [5.41, 5.74) is -0.0544.